The summed E-state index contributed by atoms with van der Waals surface area (Å²) in [5, 5.41) is 4.55. The highest BCUT2D eigenvalue weighted by atomic mass is 15.1. The molecule has 11 rings (SSSR count). The molecule has 0 N–H and O–H groups in total. The van der Waals surface area contributed by atoms with Gasteiger partial charge in [0.25, 0.3) is 0 Å². The van der Waals surface area contributed by atoms with Gasteiger partial charge in [-0.3, -0.25) is 4.57 Å². The average Bonchev–Trinajstić information content (AvgIpc) is 3.73. The van der Waals surface area contributed by atoms with Gasteiger partial charge in [-0.1, -0.05) is 60.7 Å². The average molecular weight is 670 g/mol. The van der Waals surface area contributed by atoms with Gasteiger partial charge in [-0.15, -0.1) is 0 Å². The third-order valence-corrected chi connectivity index (χ3v) is 9.54. The Morgan fingerprint density at radius 3 is 1.94 bits per heavy atom. The van der Waals surface area contributed by atoms with Crippen LogP contribution in [-0.2, 0) is 0 Å². The molecule has 11 aromatic rings. The van der Waals surface area contributed by atoms with Gasteiger partial charge in [-0.25, -0.2) is 44.9 Å². The van der Waals surface area contributed by atoms with E-state index in [2.05, 4.69) is 124 Å². The second kappa shape index (κ2) is 11.0. The molecular formula is C41H23N11. The molecule has 0 atom stereocenters. The molecule has 0 radical (unpaired) electrons. The van der Waals surface area contributed by atoms with Gasteiger partial charge in [-0.05, 0) is 42.5 Å². The highest BCUT2D eigenvalue weighted by Crippen LogP contribution is 2.42. The third-order valence-electron chi connectivity index (χ3n) is 9.54. The van der Waals surface area contributed by atoms with Gasteiger partial charge in [0.05, 0.1) is 58.2 Å². The van der Waals surface area contributed by atoms with Crippen LogP contribution in [0.5, 0.6) is 0 Å². The van der Waals surface area contributed by atoms with Crippen LogP contribution < -0.4 is 0 Å². The first kappa shape index (κ1) is 28.3. The summed E-state index contributed by atoms with van der Waals surface area (Å²) in [6, 6.07) is 35.9. The molecule has 0 unspecified atom stereocenters. The lowest BCUT2D eigenvalue weighted by Crippen LogP contribution is -2.00. The number of para-hydroxylation sites is 2. The molecule has 0 bridgehead atoms. The second-order valence-electron chi connectivity index (χ2n) is 12.5. The van der Waals surface area contributed by atoms with Crippen LogP contribution in [0.2, 0.25) is 0 Å². The van der Waals surface area contributed by atoms with Crippen molar-refractivity contribution in [3.8, 4) is 34.2 Å². The minimum Gasteiger partial charge on any atom is -0.309 e. The fourth-order valence-electron chi connectivity index (χ4n) is 7.33. The Kier molecular flexibility index (Phi) is 5.99. The first-order chi connectivity index (χ1) is 25.8. The standard InChI is InChI=1S/C41H23N11/c1-3-12-34-26(9-1)27-15-16-36-38(39(27)52(34)37-14-6-11-29(50-37)31-21-45-41-33(49-31)19-43-23-47-41)28-10-2-4-13-35(28)51(36)25-8-5-7-24(17-25)30-20-44-40-32(48-30)18-42-22-46-40/h1-23H. The summed E-state index contributed by atoms with van der Waals surface area (Å²) in [6.45, 7) is 0. The number of benzene rings is 4. The van der Waals surface area contributed by atoms with Crippen molar-refractivity contribution in [2.24, 2.45) is 0 Å². The first-order valence-electron chi connectivity index (χ1n) is 16.7. The summed E-state index contributed by atoms with van der Waals surface area (Å²) in [7, 11) is 0. The maximum absolute atomic E-state index is 5.20. The summed E-state index contributed by atoms with van der Waals surface area (Å²) in [6.07, 6.45) is 9.79. The van der Waals surface area contributed by atoms with E-state index in [0.717, 1.165) is 66.4 Å². The van der Waals surface area contributed by atoms with Crippen LogP contribution in [0.4, 0.5) is 0 Å². The number of pyridine rings is 1. The first-order valence-corrected chi connectivity index (χ1v) is 16.7. The van der Waals surface area contributed by atoms with Gasteiger partial charge in [0.1, 0.15) is 35.2 Å². The molecule has 11 nitrogen and oxygen atoms in total. The zero-order valence-corrected chi connectivity index (χ0v) is 27.2. The molecule has 242 valence electrons. The fraction of sp³-hybridized carbons (Fsp3) is 0. The largest absolute Gasteiger partial charge is 0.309 e. The van der Waals surface area contributed by atoms with Crippen LogP contribution in [0.1, 0.15) is 0 Å². The SMILES string of the molecule is c1cc(-c2cnc3ncncc3n2)cc(-n2c3ccccc3c3c2ccc2c4ccccc4n(-c4cccc(-c5cnc6ncncc6n5)n4)c23)c1. The van der Waals surface area contributed by atoms with Gasteiger partial charge >= 0.3 is 0 Å². The van der Waals surface area contributed by atoms with Gasteiger partial charge in [-0.2, -0.15) is 0 Å². The molecule has 0 spiro atoms. The monoisotopic (exact) mass is 669 g/mol. The smallest absolute Gasteiger partial charge is 0.181 e. The Morgan fingerprint density at radius 1 is 0.442 bits per heavy atom. The van der Waals surface area contributed by atoms with Crippen molar-refractivity contribution in [3.05, 3.63) is 141 Å². The Hall–Kier alpha value is -7.53. The highest BCUT2D eigenvalue weighted by molar-refractivity contribution is 6.26. The van der Waals surface area contributed by atoms with Crippen LogP contribution in [0.25, 0.3) is 100 Å². The molecule has 0 fully saturated rings. The maximum Gasteiger partial charge on any atom is 0.181 e. The number of fused-ring (bicyclic) bond motifs is 9. The Balaban J connectivity index is 1.17. The van der Waals surface area contributed by atoms with Crippen molar-refractivity contribution in [2.75, 3.05) is 0 Å². The van der Waals surface area contributed by atoms with Gasteiger partial charge in [0.15, 0.2) is 11.3 Å². The normalized spacial score (nSPS) is 11.8. The van der Waals surface area contributed by atoms with Crippen LogP contribution in [0, 0.1) is 0 Å². The molecular weight excluding hydrogens is 647 g/mol. The van der Waals surface area contributed by atoms with E-state index < -0.39 is 0 Å². The van der Waals surface area contributed by atoms with Crippen LogP contribution in [0.3, 0.4) is 0 Å². The van der Waals surface area contributed by atoms with E-state index in [0.29, 0.717) is 33.7 Å². The molecule has 0 saturated carbocycles. The molecule has 0 aliphatic carbocycles. The summed E-state index contributed by atoms with van der Waals surface area (Å²) >= 11 is 0. The molecule has 0 amide bonds. The molecule has 7 aromatic heterocycles. The molecule has 0 aliphatic heterocycles. The van der Waals surface area contributed by atoms with Gasteiger partial charge in [0, 0.05) is 32.8 Å². The Bertz CT molecular complexity index is 3220. The number of rotatable bonds is 4. The van der Waals surface area contributed by atoms with Crippen molar-refractivity contribution in [3.63, 3.8) is 0 Å². The summed E-state index contributed by atoms with van der Waals surface area (Å²) in [5.74, 6) is 0.778. The zero-order valence-electron chi connectivity index (χ0n) is 27.2. The molecule has 0 saturated heterocycles. The summed E-state index contributed by atoms with van der Waals surface area (Å²) in [4.78, 5) is 40.6. The number of nitrogens with zero attached hydrogens (tertiary/aromatic N) is 11. The lowest BCUT2D eigenvalue weighted by molar-refractivity contribution is 1.08. The zero-order chi connectivity index (χ0) is 34.2. The van der Waals surface area contributed by atoms with E-state index in [-0.39, 0.29) is 0 Å². The lowest BCUT2D eigenvalue weighted by atomic mass is 10.1. The fourth-order valence-corrected chi connectivity index (χ4v) is 7.33. The van der Waals surface area contributed by atoms with Crippen LogP contribution >= 0.6 is 0 Å². The third kappa shape index (κ3) is 4.23. The summed E-state index contributed by atoms with van der Waals surface area (Å²) < 4.78 is 4.60. The number of hydrogen-bond acceptors (Lipinski definition) is 9. The molecule has 52 heavy (non-hydrogen) atoms. The second-order valence-corrected chi connectivity index (χ2v) is 12.5. The Labute approximate surface area is 294 Å². The minimum atomic E-state index is 0.543. The van der Waals surface area contributed by atoms with Crippen LogP contribution in [0.15, 0.2) is 141 Å². The molecule has 4 aromatic carbocycles. The predicted octanol–water partition coefficient (Wildman–Crippen LogP) is 8.08. The van der Waals surface area contributed by atoms with E-state index in [1.807, 2.05) is 18.2 Å². The minimum absolute atomic E-state index is 0.543. The molecule has 11 heteroatoms. The quantitative estimate of drug-likeness (QED) is 0.183. The molecule has 0 aliphatic rings. The van der Waals surface area contributed by atoms with E-state index in [9.17, 15) is 0 Å². The van der Waals surface area contributed by atoms with Crippen molar-refractivity contribution >= 4 is 65.9 Å². The topological polar surface area (TPSA) is 126 Å². The maximum atomic E-state index is 5.20. The van der Waals surface area contributed by atoms with E-state index in [1.165, 1.54) is 12.7 Å². The van der Waals surface area contributed by atoms with Crippen LogP contribution in [-0.4, -0.2) is 54.0 Å². The van der Waals surface area contributed by atoms with Crippen molar-refractivity contribution in [2.45, 2.75) is 0 Å². The number of aromatic nitrogens is 11. The lowest BCUT2D eigenvalue weighted by Gasteiger charge is -2.11. The van der Waals surface area contributed by atoms with Gasteiger partial charge < -0.3 is 4.57 Å². The molecule has 7 heterocycles. The number of hydrogen-bond donors (Lipinski definition) is 0. The predicted molar refractivity (Wildman–Crippen MR) is 201 cm³/mol. The van der Waals surface area contributed by atoms with E-state index >= 15 is 0 Å². The summed E-state index contributed by atoms with van der Waals surface area (Å²) in [5.41, 5.74) is 10.7. The highest BCUT2D eigenvalue weighted by Gasteiger charge is 2.22. The van der Waals surface area contributed by atoms with E-state index in [4.69, 9.17) is 15.0 Å². The van der Waals surface area contributed by atoms with E-state index in [1.54, 1.807) is 24.8 Å². The van der Waals surface area contributed by atoms with Crippen molar-refractivity contribution < 1.29 is 0 Å². The van der Waals surface area contributed by atoms with Crippen molar-refractivity contribution in [1.29, 1.82) is 0 Å². The Morgan fingerprint density at radius 2 is 1.13 bits per heavy atom. The van der Waals surface area contributed by atoms with Gasteiger partial charge in [0.2, 0.25) is 0 Å². The van der Waals surface area contributed by atoms with Crippen molar-refractivity contribution in [1.82, 2.24) is 54.0 Å².